The largest absolute Gasteiger partial charge is 0.350 e. The van der Waals surface area contributed by atoms with Gasteiger partial charge in [0.1, 0.15) is 0 Å². The van der Waals surface area contributed by atoms with E-state index in [1.54, 1.807) is 0 Å². The summed E-state index contributed by atoms with van der Waals surface area (Å²) in [7, 11) is -3.41. The molecule has 29 heavy (non-hydrogen) atoms. The zero-order valence-corrected chi connectivity index (χ0v) is 18.8. The van der Waals surface area contributed by atoms with Crippen LogP contribution < -0.4 is 9.62 Å². The molecule has 0 unspecified atom stereocenters. The number of carbonyl (C=O) groups excluding carboxylic acids is 1. The van der Waals surface area contributed by atoms with E-state index in [2.05, 4.69) is 18.3 Å². The number of amides is 1. The second-order valence-electron chi connectivity index (χ2n) is 7.61. The first-order valence-electron chi connectivity index (χ1n) is 10.0. The molecule has 1 atom stereocenters. The lowest BCUT2D eigenvalue weighted by atomic mass is 10.00. The lowest BCUT2D eigenvalue weighted by molar-refractivity contribution is -0.121. The molecule has 0 aliphatic heterocycles. The molecule has 0 aliphatic carbocycles. The Morgan fingerprint density at radius 1 is 1.10 bits per heavy atom. The van der Waals surface area contributed by atoms with Crippen LogP contribution in [0.15, 0.2) is 42.5 Å². The summed E-state index contributed by atoms with van der Waals surface area (Å²) in [5.41, 5.74) is 5.22. The van der Waals surface area contributed by atoms with Crippen LogP contribution in [0.3, 0.4) is 0 Å². The fourth-order valence-electron chi connectivity index (χ4n) is 3.47. The molecular weight excluding hydrogens is 384 g/mol. The van der Waals surface area contributed by atoms with Crippen molar-refractivity contribution in [3.05, 3.63) is 64.7 Å². The topological polar surface area (TPSA) is 66.5 Å². The molecular formula is C23H32N2O3S. The molecule has 0 radical (unpaired) electrons. The van der Waals surface area contributed by atoms with Gasteiger partial charge in [0.05, 0.1) is 18.0 Å². The number of carbonyl (C=O) groups is 1. The van der Waals surface area contributed by atoms with Crippen LogP contribution in [-0.2, 0) is 21.2 Å². The summed E-state index contributed by atoms with van der Waals surface area (Å²) >= 11 is 0. The van der Waals surface area contributed by atoms with Crippen LogP contribution in [0.1, 0.15) is 55.0 Å². The van der Waals surface area contributed by atoms with E-state index in [9.17, 15) is 13.2 Å². The number of aryl methyl sites for hydroxylation is 3. The van der Waals surface area contributed by atoms with Gasteiger partial charge < -0.3 is 5.32 Å². The zero-order valence-electron chi connectivity index (χ0n) is 18.0. The summed E-state index contributed by atoms with van der Waals surface area (Å²) in [4.78, 5) is 12.4. The summed E-state index contributed by atoms with van der Waals surface area (Å²) in [5.74, 6) is -0.0766. The van der Waals surface area contributed by atoms with E-state index in [0.717, 1.165) is 23.1 Å². The number of nitrogens with zero attached hydrogens (tertiary/aromatic N) is 1. The number of nitrogens with one attached hydrogen (secondary N) is 1. The molecule has 0 saturated carbocycles. The Morgan fingerprint density at radius 2 is 1.76 bits per heavy atom. The molecule has 1 N–H and O–H groups in total. The normalized spacial score (nSPS) is 12.4. The first kappa shape index (κ1) is 22.9. The first-order valence-corrected chi connectivity index (χ1v) is 11.9. The van der Waals surface area contributed by atoms with Crippen molar-refractivity contribution in [2.45, 2.75) is 53.0 Å². The van der Waals surface area contributed by atoms with E-state index in [1.165, 1.54) is 16.1 Å². The predicted octanol–water partition coefficient (Wildman–Crippen LogP) is 4.29. The van der Waals surface area contributed by atoms with E-state index in [4.69, 9.17) is 0 Å². The Balaban J connectivity index is 1.95. The van der Waals surface area contributed by atoms with Gasteiger partial charge in [-0.3, -0.25) is 9.10 Å². The standard InChI is InChI=1S/C23H32N2O3S/c1-6-20-10-12-21(13-11-20)25(29(5,27)28)15-7-8-23(26)24-19(4)22-14-9-17(2)16-18(22)3/h9-14,16,19H,6-8,15H2,1-5H3,(H,24,26)/t19-/m1/s1. The highest BCUT2D eigenvalue weighted by molar-refractivity contribution is 7.92. The molecule has 0 spiro atoms. The van der Waals surface area contributed by atoms with Crippen molar-refractivity contribution in [1.29, 1.82) is 0 Å². The minimum Gasteiger partial charge on any atom is -0.350 e. The molecule has 0 bridgehead atoms. The van der Waals surface area contributed by atoms with Crippen molar-refractivity contribution >= 4 is 21.6 Å². The molecule has 0 fully saturated rings. The average Bonchev–Trinajstić information content (AvgIpc) is 2.64. The summed E-state index contributed by atoms with van der Waals surface area (Å²) in [6.45, 7) is 8.38. The van der Waals surface area contributed by atoms with Gasteiger partial charge >= 0.3 is 0 Å². The first-order chi connectivity index (χ1) is 13.6. The minimum atomic E-state index is -3.41. The van der Waals surface area contributed by atoms with Gasteiger partial charge in [-0.1, -0.05) is 42.8 Å². The van der Waals surface area contributed by atoms with Crippen molar-refractivity contribution in [1.82, 2.24) is 5.32 Å². The Bertz CT molecular complexity index is 937. The van der Waals surface area contributed by atoms with Gasteiger partial charge in [-0.2, -0.15) is 0 Å². The van der Waals surface area contributed by atoms with Crippen molar-refractivity contribution in [2.75, 3.05) is 17.1 Å². The Labute approximate surface area is 175 Å². The SMILES string of the molecule is CCc1ccc(N(CCCC(=O)N[C@H](C)c2ccc(C)cc2C)S(C)(=O)=O)cc1. The van der Waals surface area contributed by atoms with Gasteiger partial charge in [0.25, 0.3) is 0 Å². The third kappa shape index (κ3) is 6.60. The molecule has 2 aromatic rings. The quantitative estimate of drug-likeness (QED) is 0.663. The van der Waals surface area contributed by atoms with Crippen LogP contribution >= 0.6 is 0 Å². The second kappa shape index (κ2) is 9.92. The lowest BCUT2D eigenvalue weighted by Gasteiger charge is -2.23. The second-order valence-corrected chi connectivity index (χ2v) is 9.51. The molecule has 5 nitrogen and oxygen atoms in total. The third-order valence-electron chi connectivity index (χ3n) is 5.07. The van der Waals surface area contributed by atoms with Gasteiger partial charge in [-0.05, 0) is 62.4 Å². The Morgan fingerprint density at radius 3 is 2.31 bits per heavy atom. The lowest BCUT2D eigenvalue weighted by Crippen LogP contribution is -2.32. The third-order valence-corrected chi connectivity index (χ3v) is 6.26. The maximum absolute atomic E-state index is 12.4. The Hall–Kier alpha value is -2.34. The number of sulfonamides is 1. The molecule has 0 aromatic heterocycles. The zero-order chi connectivity index (χ0) is 21.6. The molecule has 0 aliphatic rings. The van der Waals surface area contributed by atoms with Crippen molar-refractivity contribution < 1.29 is 13.2 Å². The molecule has 2 rings (SSSR count). The molecule has 6 heteroatoms. The fraction of sp³-hybridized carbons (Fsp3) is 0.435. The minimum absolute atomic E-state index is 0.0766. The van der Waals surface area contributed by atoms with Gasteiger partial charge in [0.2, 0.25) is 15.9 Å². The van der Waals surface area contributed by atoms with Gasteiger partial charge in [0, 0.05) is 13.0 Å². The molecule has 158 valence electrons. The van der Waals surface area contributed by atoms with E-state index in [0.29, 0.717) is 12.1 Å². The average molecular weight is 417 g/mol. The number of hydrogen-bond acceptors (Lipinski definition) is 3. The summed E-state index contributed by atoms with van der Waals surface area (Å²) in [6.07, 6.45) is 2.82. The number of benzene rings is 2. The molecule has 0 saturated heterocycles. The van der Waals surface area contributed by atoms with E-state index >= 15 is 0 Å². The summed E-state index contributed by atoms with van der Waals surface area (Å²) < 4.78 is 25.8. The highest BCUT2D eigenvalue weighted by atomic mass is 32.2. The Kier molecular flexibility index (Phi) is 7.85. The summed E-state index contributed by atoms with van der Waals surface area (Å²) in [6, 6.07) is 13.6. The molecule has 2 aromatic carbocycles. The van der Waals surface area contributed by atoms with Gasteiger partial charge in [-0.15, -0.1) is 0 Å². The van der Waals surface area contributed by atoms with Gasteiger partial charge in [-0.25, -0.2) is 8.42 Å². The highest BCUT2D eigenvalue weighted by Gasteiger charge is 2.18. The van der Waals surface area contributed by atoms with Crippen LogP contribution in [0, 0.1) is 13.8 Å². The highest BCUT2D eigenvalue weighted by Crippen LogP contribution is 2.21. The van der Waals surface area contributed by atoms with E-state index in [1.807, 2.05) is 57.2 Å². The van der Waals surface area contributed by atoms with E-state index < -0.39 is 10.0 Å². The van der Waals surface area contributed by atoms with Crippen LogP contribution in [0.2, 0.25) is 0 Å². The number of rotatable bonds is 9. The number of hydrogen-bond donors (Lipinski definition) is 1. The van der Waals surface area contributed by atoms with Crippen LogP contribution in [-0.4, -0.2) is 27.1 Å². The van der Waals surface area contributed by atoms with Crippen molar-refractivity contribution in [3.63, 3.8) is 0 Å². The summed E-state index contributed by atoms with van der Waals surface area (Å²) in [5, 5.41) is 3.02. The molecule has 0 heterocycles. The maximum atomic E-state index is 12.4. The van der Waals surface area contributed by atoms with Crippen molar-refractivity contribution in [2.24, 2.45) is 0 Å². The smallest absolute Gasteiger partial charge is 0.232 e. The maximum Gasteiger partial charge on any atom is 0.232 e. The van der Waals surface area contributed by atoms with Crippen LogP contribution in [0.4, 0.5) is 5.69 Å². The van der Waals surface area contributed by atoms with Crippen molar-refractivity contribution in [3.8, 4) is 0 Å². The monoisotopic (exact) mass is 416 g/mol. The van der Waals surface area contributed by atoms with E-state index in [-0.39, 0.29) is 24.9 Å². The fourth-order valence-corrected chi connectivity index (χ4v) is 4.44. The predicted molar refractivity (Wildman–Crippen MR) is 120 cm³/mol. The number of anilines is 1. The van der Waals surface area contributed by atoms with Crippen LogP contribution in [0.25, 0.3) is 0 Å². The molecule has 1 amide bonds. The van der Waals surface area contributed by atoms with Crippen LogP contribution in [0.5, 0.6) is 0 Å². The van der Waals surface area contributed by atoms with Gasteiger partial charge in [0.15, 0.2) is 0 Å².